The van der Waals surface area contributed by atoms with Crippen molar-refractivity contribution in [2.45, 2.75) is 18.3 Å². The van der Waals surface area contributed by atoms with Gasteiger partial charge in [-0.2, -0.15) is 0 Å². The van der Waals surface area contributed by atoms with Crippen LogP contribution in [0.25, 0.3) is 43.5 Å². The van der Waals surface area contributed by atoms with Crippen LogP contribution in [0.2, 0.25) is 0 Å². The largest absolute Gasteiger partial charge is 0.361 e. The van der Waals surface area contributed by atoms with Gasteiger partial charge in [0.05, 0.1) is 0 Å². The molecule has 0 fully saturated rings. The van der Waals surface area contributed by atoms with E-state index in [1.165, 1.54) is 65.7 Å². The van der Waals surface area contributed by atoms with Gasteiger partial charge in [0.1, 0.15) is 0 Å². The molecule has 192 valence electrons. The fourth-order valence-corrected chi connectivity index (χ4v) is 6.67. The monoisotopic (exact) mass is 515 g/mol. The Kier molecular flexibility index (Phi) is 5.34. The third-order valence-corrected chi connectivity index (χ3v) is 8.64. The van der Waals surface area contributed by atoms with E-state index in [1.54, 1.807) is 0 Å². The Morgan fingerprint density at radius 1 is 0.425 bits per heavy atom. The lowest BCUT2D eigenvalue weighted by molar-refractivity contribution is 0.653. The third kappa shape index (κ3) is 3.74. The number of H-pyrrole nitrogens is 3. The van der Waals surface area contributed by atoms with Gasteiger partial charge in [0.2, 0.25) is 0 Å². The van der Waals surface area contributed by atoms with Gasteiger partial charge in [0.15, 0.2) is 0 Å². The summed E-state index contributed by atoms with van der Waals surface area (Å²) in [5.74, 6) is 0.366. The van der Waals surface area contributed by atoms with E-state index < -0.39 is 0 Å². The van der Waals surface area contributed by atoms with Crippen LogP contribution in [-0.4, -0.2) is 15.0 Å². The Labute approximate surface area is 232 Å². The minimum absolute atomic E-state index is 0.178. The highest BCUT2D eigenvalue weighted by molar-refractivity contribution is 5.89. The maximum Gasteiger partial charge on any atom is 0.0457 e. The molecule has 8 rings (SSSR count). The second kappa shape index (κ2) is 9.32. The summed E-state index contributed by atoms with van der Waals surface area (Å²) in [7, 11) is 0. The second-order valence-corrected chi connectivity index (χ2v) is 10.8. The summed E-state index contributed by atoms with van der Waals surface area (Å²) >= 11 is 0. The zero-order valence-electron chi connectivity index (χ0n) is 22.1. The summed E-state index contributed by atoms with van der Waals surface area (Å²) in [4.78, 5) is 10.7. The number of rotatable bonds is 6. The highest BCUT2D eigenvalue weighted by Gasteiger charge is 2.28. The molecule has 1 atom stereocenters. The standard InChI is InChI=1S/C37H29N3/c1-2-10-25-19-26(18-17-24(25)9-1)30(32-21-38-35-14-6-3-11-27(32)35)20-31(33-22-39-36-15-7-4-12-28(33)36)34-23-40-37-16-8-5-13-29(34)37/h1-19,21-23,30-31,38-40H,20H2. The highest BCUT2D eigenvalue weighted by atomic mass is 14.7. The van der Waals surface area contributed by atoms with Crippen LogP contribution in [0.1, 0.15) is 40.5 Å². The second-order valence-electron chi connectivity index (χ2n) is 10.8. The SMILES string of the molecule is c1ccc2cc(C(CC(c3c[nH]c4ccccc34)c3c[nH]c4ccccc34)c3c[nH]c4ccccc34)ccc2c1. The minimum Gasteiger partial charge on any atom is -0.361 e. The predicted octanol–water partition coefficient (Wildman–Crippen LogP) is 9.64. The molecule has 0 saturated carbocycles. The fraction of sp³-hybridized carbons (Fsp3) is 0.0811. The van der Waals surface area contributed by atoms with Crippen LogP contribution in [0.3, 0.4) is 0 Å². The van der Waals surface area contributed by atoms with Gasteiger partial charge >= 0.3 is 0 Å². The molecule has 8 aromatic rings. The maximum absolute atomic E-state index is 3.57. The van der Waals surface area contributed by atoms with Crippen molar-refractivity contribution in [1.29, 1.82) is 0 Å². The zero-order chi connectivity index (χ0) is 26.5. The van der Waals surface area contributed by atoms with Crippen LogP contribution < -0.4 is 0 Å². The topological polar surface area (TPSA) is 47.4 Å². The molecule has 3 heteroatoms. The van der Waals surface area contributed by atoms with Gasteiger partial charge in [-0.05, 0) is 57.6 Å². The molecule has 0 aliphatic heterocycles. The molecule has 1 unspecified atom stereocenters. The molecular weight excluding hydrogens is 486 g/mol. The first-order valence-electron chi connectivity index (χ1n) is 14.0. The highest BCUT2D eigenvalue weighted by Crippen LogP contribution is 2.44. The van der Waals surface area contributed by atoms with Gasteiger partial charge in [-0.25, -0.2) is 0 Å². The molecule has 0 amide bonds. The van der Waals surface area contributed by atoms with Crippen LogP contribution in [0.4, 0.5) is 0 Å². The van der Waals surface area contributed by atoms with E-state index >= 15 is 0 Å². The van der Waals surface area contributed by atoms with E-state index in [1.807, 2.05) is 0 Å². The lowest BCUT2D eigenvalue weighted by Crippen LogP contribution is -2.09. The molecule has 40 heavy (non-hydrogen) atoms. The number of hydrogen-bond acceptors (Lipinski definition) is 0. The minimum atomic E-state index is 0.178. The molecule has 3 nitrogen and oxygen atoms in total. The Hall–Kier alpha value is -5.02. The molecule has 0 bridgehead atoms. The Morgan fingerprint density at radius 3 is 1.43 bits per heavy atom. The molecule has 0 saturated heterocycles. The molecule has 0 spiro atoms. The first-order chi connectivity index (χ1) is 19.8. The van der Waals surface area contributed by atoms with Crippen LogP contribution in [-0.2, 0) is 0 Å². The van der Waals surface area contributed by atoms with E-state index in [-0.39, 0.29) is 11.8 Å². The van der Waals surface area contributed by atoms with Gasteiger partial charge in [0.25, 0.3) is 0 Å². The number of aromatic amines is 3. The average molecular weight is 516 g/mol. The molecule has 0 aliphatic rings. The summed E-state index contributed by atoms with van der Waals surface area (Å²) < 4.78 is 0. The van der Waals surface area contributed by atoms with Crippen LogP contribution in [0, 0.1) is 0 Å². The van der Waals surface area contributed by atoms with E-state index in [0.29, 0.717) is 0 Å². The molecule has 3 heterocycles. The number of benzene rings is 5. The Morgan fingerprint density at radius 2 is 0.875 bits per heavy atom. The summed E-state index contributed by atoms with van der Waals surface area (Å²) in [6.07, 6.45) is 7.61. The van der Waals surface area contributed by atoms with E-state index in [9.17, 15) is 0 Å². The van der Waals surface area contributed by atoms with Crippen molar-refractivity contribution in [3.63, 3.8) is 0 Å². The van der Waals surface area contributed by atoms with Crippen molar-refractivity contribution < 1.29 is 0 Å². The first kappa shape index (κ1) is 22.9. The maximum atomic E-state index is 3.57. The predicted molar refractivity (Wildman–Crippen MR) is 167 cm³/mol. The Bertz CT molecular complexity index is 2050. The quantitative estimate of drug-likeness (QED) is 0.197. The molecule has 3 N–H and O–H groups in total. The first-order valence-corrected chi connectivity index (χ1v) is 14.0. The summed E-state index contributed by atoms with van der Waals surface area (Å²) in [5, 5.41) is 6.41. The molecule has 0 radical (unpaired) electrons. The van der Waals surface area contributed by atoms with Gasteiger partial charge in [-0.1, -0.05) is 97.1 Å². The molecular formula is C37H29N3. The van der Waals surface area contributed by atoms with Crippen LogP contribution in [0.15, 0.2) is 134 Å². The number of aromatic nitrogens is 3. The smallest absolute Gasteiger partial charge is 0.0457 e. The Balaban J connectivity index is 1.36. The summed E-state index contributed by atoms with van der Waals surface area (Å²) in [6, 6.07) is 41.7. The van der Waals surface area contributed by atoms with Crippen molar-refractivity contribution >= 4 is 43.5 Å². The van der Waals surface area contributed by atoms with Gasteiger partial charge in [-0.15, -0.1) is 0 Å². The third-order valence-electron chi connectivity index (χ3n) is 8.64. The van der Waals surface area contributed by atoms with Crippen molar-refractivity contribution in [3.8, 4) is 0 Å². The fourth-order valence-electron chi connectivity index (χ4n) is 6.67. The number of para-hydroxylation sites is 3. The normalized spacial score (nSPS) is 12.7. The van der Waals surface area contributed by atoms with Crippen molar-refractivity contribution in [2.24, 2.45) is 0 Å². The summed E-state index contributed by atoms with van der Waals surface area (Å²) in [6.45, 7) is 0. The average Bonchev–Trinajstić information content (AvgIpc) is 3.75. The van der Waals surface area contributed by atoms with Gasteiger partial charge in [-0.3, -0.25) is 0 Å². The van der Waals surface area contributed by atoms with Crippen molar-refractivity contribution in [2.75, 3.05) is 0 Å². The van der Waals surface area contributed by atoms with E-state index in [4.69, 9.17) is 0 Å². The number of hydrogen-bond donors (Lipinski definition) is 3. The molecule has 3 aromatic heterocycles. The van der Waals surface area contributed by atoms with Crippen molar-refractivity contribution in [1.82, 2.24) is 15.0 Å². The lowest BCUT2D eigenvalue weighted by Gasteiger charge is -2.25. The van der Waals surface area contributed by atoms with Gasteiger partial charge in [0, 0.05) is 63.1 Å². The van der Waals surface area contributed by atoms with Crippen LogP contribution >= 0.6 is 0 Å². The van der Waals surface area contributed by atoms with E-state index in [0.717, 1.165) is 6.42 Å². The van der Waals surface area contributed by atoms with Crippen LogP contribution in [0.5, 0.6) is 0 Å². The summed E-state index contributed by atoms with van der Waals surface area (Å²) in [5.41, 5.74) is 8.90. The lowest BCUT2D eigenvalue weighted by atomic mass is 9.77. The molecule has 5 aromatic carbocycles. The zero-order valence-corrected chi connectivity index (χ0v) is 22.1. The molecule has 0 aliphatic carbocycles. The van der Waals surface area contributed by atoms with Crippen molar-refractivity contribution in [3.05, 3.63) is 156 Å². The van der Waals surface area contributed by atoms with Gasteiger partial charge < -0.3 is 15.0 Å². The van der Waals surface area contributed by atoms with E-state index in [2.05, 4.69) is 149 Å². The number of fused-ring (bicyclic) bond motifs is 4. The number of nitrogens with one attached hydrogen (secondary N) is 3.